The number of benzene rings is 5. The quantitative estimate of drug-likeness (QED) is 0.0483. The van der Waals surface area contributed by atoms with Crippen molar-refractivity contribution in [3.05, 3.63) is 131 Å². The van der Waals surface area contributed by atoms with Gasteiger partial charge in [-0.05, 0) is 109 Å². The maximum Gasteiger partial charge on any atom is 0.411 e. The van der Waals surface area contributed by atoms with Crippen molar-refractivity contribution in [2.45, 2.75) is 24.7 Å². The van der Waals surface area contributed by atoms with Gasteiger partial charge in [-0.2, -0.15) is 26.3 Å². The van der Waals surface area contributed by atoms with Crippen molar-refractivity contribution < 1.29 is 56.0 Å². The van der Waals surface area contributed by atoms with Gasteiger partial charge in [0.25, 0.3) is 14.7 Å². The number of rotatable bonds is 10. The normalized spacial score (nSPS) is 12.3. The summed E-state index contributed by atoms with van der Waals surface area (Å²) in [7, 11) is 0. The molecule has 15 heteroatoms. The van der Waals surface area contributed by atoms with Gasteiger partial charge < -0.3 is 36.4 Å². The summed E-state index contributed by atoms with van der Waals surface area (Å²) in [5.74, 6) is -2.08. The lowest BCUT2D eigenvalue weighted by Gasteiger charge is -2.38. The molecule has 2 amide bonds. The van der Waals surface area contributed by atoms with Crippen LogP contribution < -0.4 is 21.1 Å². The van der Waals surface area contributed by atoms with Gasteiger partial charge in [0.2, 0.25) is 5.41 Å². The summed E-state index contributed by atoms with van der Waals surface area (Å²) in [5, 5.41) is 23.5. The zero-order valence-corrected chi connectivity index (χ0v) is 26.1. The van der Waals surface area contributed by atoms with Gasteiger partial charge in [0.1, 0.15) is 28.7 Å². The number of aryl methyl sites for hydroxylation is 1. The number of nitrogen functional groups attached to an aromatic ring is 1. The zero-order valence-electron chi connectivity index (χ0n) is 28.1. The van der Waals surface area contributed by atoms with Gasteiger partial charge in [0.05, 0.1) is 17.1 Å². The molecule has 0 aliphatic rings. The molecule has 7 N–H and O–H groups in total. The average Bonchev–Trinajstić information content (AvgIpc) is 3.09. The highest BCUT2D eigenvalue weighted by Crippen LogP contribution is 2.57. The van der Waals surface area contributed by atoms with Crippen LogP contribution in [0.2, 0.25) is 0 Å². The number of ether oxygens (including phenoxy) is 1. The van der Waals surface area contributed by atoms with Crippen LogP contribution in [0.1, 0.15) is 37.4 Å². The number of nitrogens with two attached hydrogens (primary N) is 1. The maximum absolute atomic E-state index is 14.7. The van der Waals surface area contributed by atoms with Gasteiger partial charge in [-0.25, -0.2) is 0 Å². The summed E-state index contributed by atoms with van der Waals surface area (Å²) in [6.07, 6.45) is -12.0. The summed E-state index contributed by atoms with van der Waals surface area (Å²) in [6, 6.07) is 19.0. The van der Waals surface area contributed by atoms with Crippen LogP contribution in [-0.2, 0) is 5.41 Å². The van der Waals surface area contributed by atoms with E-state index in [9.17, 15) is 41.0 Å². The molecule has 0 aliphatic carbocycles. The minimum absolute atomic E-state index is 0.0953. The van der Waals surface area contributed by atoms with E-state index in [1.54, 1.807) is 18.2 Å². The Hall–Kier alpha value is -6.38. The Morgan fingerprint density at radius 2 is 1.08 bits per heavy atom. The molecule has 5 aromatic rings. The number of hydrogen-bond donors (Lipinski definition) is 6. The number of anilines is 3. The molecule has 0 spiro atoms. The topological polar surface area (TPSA) is 154 Å². The first kappa shape index (κ1) is 33.1. The summed E-state index contributed by atoms with van der Waals surface area (Å²) >= 11 is 0. The van der Waals surface area contributed by atoms with Gasteiger partial charge in [-0.15, -0.1) is 0 Å². The van der Waals surface area contributed by atoms with Gasteiger partial charge in [0, 0.05) is 11.1 Å². The summed E-state index contributed by atoms with van der Waals surface area (Å²) < 4.78 is 108. The van der Waals surface area contributed by atoms with E-state index in [1.807, 2.05) is 6.92 Å². The lowest BCUT2D eigenvalue weighted by atomic mass is 9.72. The lowest BCUT2D eigenvalue weighted by Crippen LogP contribution is -2.54. The van der Waals surface area contributed by atoms with Crippen molar-refractivity contribution in [1.29, 1.82) is 2.86 Å². The summed E-state index contributed by atoms with van der Waals surface area (Å²) in [4.78, 5) is 25.9. The second-order valence-electron chi connectivity index (χ2n) is 11.3. The number of halogens is 6. The van der Waals surface area contributed by atoms with Crippen molar-refractivity contribution >= 4 is 28.9 Å². The molecule has 5 aromatic carbocycles. The molecule has 264 valence electrons. The van der Waals surface area contributed by atoms with Gasteiger partial charge in [-0.1, -0.05) is 18.2 Å². The van der Waals surface area contributed by atoms with E-state index >= 15 is 0 Å². The van der Waals surface area contributed by atoms with Crippen LogP contribution in [0.15, 0.2) is 103 Å². The predicted octanol–water partition coefficient (Wildman–Crippen LogP) is 8.40. The molecular weight excluding hydrogens is 684 g/mol. The van der Waals surface area contributed by atoms with E-state index in [0.717, 1.165) is 5.56 Å². The smallest absolute Gasteiger partial charge is 0.411 e. The second kappa shape index (κ2) is 13.5. The van der Waals surface area contributed by atoms with Gasteiger partial charge in [0.15, 0.2) is 0 Å². The first-order chi connectivity index (χ1) is 25.0. The molecule has 51 heavy (non-hydrogen) atoms. The van der Waals surface area contributed by atoms with Crippen molar-refractivity contribution in [2.24, 2.45) is 0 Å². The minimum Gasteiger partial charge on any atom is -0.506 e. The molecule has 0 aliphatic heterocycles. The Kier molecular flexibility index (Phi) is 8.77. The summed E-state index contributed by atoms with van der Waals surface area (Å²) in [6.45, 7) is 1.81. The molecule has 0 radical (unpaired) electrons. The Labute approximate surface area is 288 Å². The fourth-order valence-electron chi connectivity index (χ4n) is 5.25. The SMILES string of the molecule is [2H]Oc1ccc(C)cc1NC(=O)c1ccc(Oc2ccc(C(=O)Nc3cc(C(c4ccc(O)c(N)c4)(C(F)(F)F)C(F)(F)F)ccc3O[2H])cc2)cc1. The van der Waals surface area contributed by atoms with Crippen LogP contribution in [0.25, 0.3) is 0 Å². The number of alkyl halides is 6. The number of phenols is 3. The zero-order chi connectivity index (χ0) is 38.7. The first-order valence-electron chi connectivity index (χ1n) is 15.5. The highest BCUT2D eigenvalue weighted by atomic mass is 19.4. The van der Waals surface area contributed by atoms with Crippen LogP contribution in [0.5, 0.6) is 28.7 Å². The van der Waals surface area contributed by atoms with Gasteiger partial charge >= 0.3 is 12.4 Å². The molecule has 0 atom stereocenters. The number of aromatic hydroxyl groups is 3. The van der Waals surface area contributed by atoms with Crippen LogP contribution in [-0.4, -0.2) is 42.4 Å². The Balaban J connectivity index is 1.35. The van der Waals surface area contributed by atoms with E-state index in [-0.39, 0.29) is 22.6 Å². The monoisotopic (exact) mass is 713 g/mol. The first-order valence-corrected chi connectivity index (χ1v) is 14.7. The number of hydrogen-bond acceptors (Lipinski definition) is 7. The largest absolute Gasteiger partial charge is 0.506 e. The van der Waals surface area contributed by atoms with E-state index in [2.05, 4.69) is 20.9 Å². The van der Waals surface area contributed by atoms with Crippen LogP contribution in [0.4, 0.5) is 43.4 Å². The minimum atomic E-state index is -6.01. The highest BCUT2D eigenvalue weighted by molar-refractivity contribution is 6.05. The fourth-order valence-corrected chi connectivity index (χ4v) is 5.25. The highest BCUT2D eigenvalue weighted by Gasteiger charge is 2.72. The van der Waals surface area contributed by atoms with E-state index in [0.29, 0.717) is 47.8 Å². The van der Waals surface area contributed by atoms with Crippen LogP contribution >= 0.6 is 0 Å². The van der Waals surface area contributed by atoms with Crippen LogP contribution in [0, 0.1) is 6.92 Å². The summed E-state index contributed by atoms with van der Waals surface area (Å²) in [5.41, 5.74) is -2.04. The second-order valence-corrected chi connectivity index (χ2v) is 11.3. The van der Waals surface area contributed by atoms with Crippen molar-refractivity contribution in [2.75, 3.05) is 16.4 Å². The van der Waals surface area contributed by atoms with Crippen LogP contribution in [0.3, 0.4) is 0 Å². The third kappa shape index (κ3) is 7.18. The number of carbonyl (C=O) groups excluding carboxylic acids is 2. The number of phenolic OH excluding ortho intramolecular Hbond substituents is 3. The molecule has 0 bridgehead atoms. The maximum atomic E-state index is 14.7. The molecule has 0 saturated carbocycles. The molecule has 5 rings (SSSR count). The standard InChI is InChI=1S/C36H27F6N3O6/c1-19-2-13-30(47)27(16-19)44-32(49)20-3-9-24(10-4-20)51-25-11-5-21(6-12-25)33(50)45-28-18-23(8-15-31(28)48)34(35(37,38)39,36(40,41)42)22-7-14-29(46)26(43)17-22/h2-18,46-48H,43H2,1H3,(H,44,49)(H,45,50)/i/hD2. The van der Waals surface area contributed by atoms with Crippen molar-refractivity contribution in [3.8, 4) is 28.7 Å². The molecule has 9 nitrogen and oxygen atoms in total. The molecule has 0 saturated heterocycles. The van der Waals surface area contributed by atoms with Crippen molar-refractivity contribution in [3.63, 3.8) is 0 Å². The van der Waals surface area contributed by atoms with E-state index in [4.69, 9.17) is 13.3 Å². The molecule has 0 aromatic heterocycles. The third-order valence-corrected chi connectivity index (χ3v) is 7.82. The predicted molar refractivity (Wildman–Crippen MR) is 175 cm³/mol. The number of nitrogens with one attached hydrogen (secondary N) is 2. The van der Waals surface area contributed by atoms with Gasteiger partial charge in [-0.3, -0.25) is 9.59 Å². The van der Waals surface area contributed by atoms with Crippen molar-refractivity contribution in [1.82, 2.24) is 0 Å². The molecule has 0 unspecified atom stereocenters. The molecule has 0 fully saturated rings. The third-order valence-electron chi connectivity index (χ3n) is 7.82. The number of carbonyl (C=O) groups is 2. The number of amides is 2. The Morgan fingerprint density at radius 3 is 1.53 bits per heavy atom. The fraction of sp³-hybridized carbons (Fsp3) is 0.111. The average molecular weight is 714 g/mol. The Bertz CT molecular complexity index is 2130. The van der Waals surface area contributed by atoms with E-state index < -0.39 is 63.6 Å². The van der Waals surface area contributed by atoms with E-state index in [1.165, 1.54) is 48.5 Å². The Morgan fingerprint density at radius 1 is 0.647 bits per heavy atom. The molecule has 0 heterocycles. The molecular formula is C36H27F6N3O6. The lowest BCUT2D eigenvalue weighted by molar-refractivity contribution is -0.288.